The van der Waals surface area contributed by atoms with E-state index >= 15 is 0 Å². The van der Waals surface area contributed by atoms with Gasteiger partial charge in [-0.05, 0) is 32.0 Å². The molecule has 1 fully saturated rings. The zero-order valence-electron chi connectivity index (χ0n) is 11.7. The number of nitrogens with one attached hydrogen (secondary N) is 1. The fourth-order valence-electron chi connectivity index (χ4n) is 2.52. The SMILES string of the molecule is CN(CCNS(=O)(=O)c1ccc(N)nc1)C1CCCC1. The van der Waals surface area contributed by atoms with Crippen LogP contribution in [0.3, 0.4) is 0 Å². The molecule has 0 radical (unpaired) electrons. The van der Waals surface area contributed by atoms with Gasteiger partial charge >= 0.3 is 0 Å². The van der Waals surface area contributed by atoms with Gasteiger partial charge in [0.1, 0.15) is 10.7 Å². The largest absolute Gasteiger partial charge is 0.384 e. The number of anilines is 1. The Morgan fingerprint density at radius 1 is 1.40 bits per heavy atom. The molecule has 0 aromatic carbocycles. The van der Waals surface area contributed by atoms with Gasteiger partial charge in [-0.1, -0.05) is 12.8 Å². The number of nitrogens with two attached hydrogens (primary N) is 1. The van der Waals surface area contributed by atoms with Gasteiger partial charge in [0.25, 0.3) is 0 Å². The molecule has 0 amide bonds. The van der Waals surface area contributed by atoms with Gasteiger partial charge in [0, 0.05) is 25.3 Å². The minimum atomic E-state index is -3.49. The van der Waals surface area contributed by atoms with E-state index in [1.807, 2.05) is 0 Å². The van der Waals surface area contributed by atoms with Gasteiger partial charge in [-0.15, -0.1) is 0 Å². The van der Waals surface area contributed by atoms with Crippen molar-refractivity contribution in [2.24, 2.45) is 0 Å². The quantitative estimate of drug-likeness (QED) is 0.811. The molecule has 2 rings (SSSR count). The van der Waals surface area contributed by atoms with Crippen molar-refractivity contribution in [2.75, 3.05) is 25.9 Å². The van der Waals surface area contributed by atoms with Crippen LogP contribution in [-0.2, 0) is 10.0 Å². The number of hydrogen-bond acceptors (Lipinski definition) is 5. The molecule has 1 aliphatic carbocycles. The van der Waals surface area contributed by atoms with Crippen LogP contribution in [0.2, 0.25) is 0 Å². The molecule has 1 aromatic rings. The van der Waals surface area contributed by atoms with Gasteiger partial charge in [-0.3, -0.25) is 0 Å². The second kappa shape index (κ2) is 6.51. The predicted molar refractivity (Wildman–Crippen MR) is 78.7 cm³/mol. The molecule has 7 heteroatoms. The van der Waals surface area contributed by atoms with E-state index in [1.165, 1.54) is 44.0 Å². The minimum absolute atomic E-state index is 0.148. The number of nitrogens with zero attached hydrogens (tertiary/aromatic N) is 2. The summed E-state index contributed by atoms with van der Waals surface area (Å²) in [4.78, 5) is 6.18. The van der Waals surface area contributed by atoms with Crippen molar-refractivity contribution in [1.82, 2.24) is 14.6 Å². The average Bonchev–Trinajstić information content (AvgIpc) is 2.93. The lowest BCUT2D eigenvalue weighted by atomic mass is 10.2. The molecule has 0 atom stereocenters. The van der Waals surface area contributed by atoms with Gasteiger partial charge < -0.3 is 10.6 Å². The molecule has 0 aliphatic heterocycles. The summed E-state index contributed by atoms with van der Waals surface area (Å²) in [6.45, 7) is 1.12. The molecule has 3 N–H and O–H groups in total. The van der Waals surface area contributed by atoms with Crippen molar-refractivity contribution in [3.05, 3.63) is 18.3 Å². The van der Waals surface area contributed by atoms with Crippen LogP contribution in [-0.4, -0.2) is 44.5 Å². The fraction of sp³-hybridized carbons (Fsp3) is 0.615. The maximum absolute atomic E-state index is 12.0. The standard InChI is InChI=1S/C13H22N4O2S/c1-17(11-4-2-3-5-11)9-8-16-20(18,19)12-6-7-13(14)15-10-12/h6-7,10-11,16H,2-5,8-9H2,1H3,(H2,14,15). The number of rotatable bonds is 6. The lowest BCUT2D eigenvalue weighted by molar-refractivity contribution is 0.250. The van der Waals surface area contributed by atoms with Crippen molar-refractivity contribution in [3.63, 3.8) is 0 Å². The Labute approximate surface area is 120 Å². The van der Waals surface area contributed by atoms with Gasteiger partial charge in [-0.25, -0.2) is 18.1 Å². The Bertz CT molecular complexity index is 524. The summed E-state index contributed by atoms with van der Waals surface area (Å²) in [6.07, 6.45) is 6.25. The first-order valence-electron chi connectivity index (χ1n) is 6.90. The van der Waals surface area contributed by atoms with E-state index in [0.717, 1.165) is 0 Å². The summed E-state index contributed by atoms with van der Waals surface area (Å²) in [6, 6.07) is 3.54. The van der Waals surface area contributed by atoms with E-state index < -0.39 is 10.0 Å². The van der Waals surface area contributed by atoms with Crippen LogP contribution in [0.5, 0.6) is 0 Å². The maximum atomic E-state index is 12.0. The molecule has 112 valence electrons. The molecule has 0 bridgehead atoms. The molecular formula is C13H22N4O2S. The molecule has 6 nitrogen and oxygen atoms in total. The highest BCUT2D eigenvalue weighted by atomic mass is 32.2. The van der Waals surface area contributed by atoms with Crippen LogP contribution in [0, 0.1) is 0 Å². The monoisotopic (exact) mass is 298 g/mol. The maximum Gasteiger partial charge on any atom is 0.242 e. The summed E-state index contributed by atoms with van der Waals surface area (Å²) in [7, 11) is -1.44. The molecule has 0 saturated heterocycles. The third-order valence-corrected chi connectivity index (χ3v) is 5.22. The Hall–Kier alpha value is -1.18. The molecule has 1 saturated carbocycles. The lowest BCUT2D eigenvalue weighted by Gasteiger charge is -2.23. The van der Waals surface area contributed by atoms with E-state index in [1.54, 1.807) is 0 Å². The first-order chi connectivity index (χ1) is 9.49. The number of sulfonamides is 1. The fourth-order valence-corrected chi connectivity index (χ4v) is 3.48. The second-order valence-electron chi connectivity index (χ2n) is 5.24. The van der Waals surface area contributed by atoms with E-state index in [2.05, 4.69) is 21.7 Å². The number of nitrogen functional groups attached to an aromatic ring is 1. The van der Waals surface area contributed by atoms with Crippen LogP contribution in [0.15, 0.2) is 23.2 Å². The van der Waals surface area contributed by atoms with E-state index in [0.29, 0.717) is 24.9 Å². The van der Waals surface area contributed by atoms with Gasteiger partial charge in [0.2, 0.25) is 10.0 Å². The van der Waals surface area contributed by atoms with Crippen LogP contribution in [0.25, 0.3) is 0 Å². The van der Waals surface area contributed by atoms with Crippen LogP contribution in [0.4, 0.5) is 5.82 Å². The summed E-state index contributed by atoms with van der Waals surface area (Å²) in [5.74, 6) is 0.310. The van der Waals surface area contributed by atoms with Gasteiger partial charge in [0.15, 0.2) is 0 Å². The summed E-state index contributed by atoms with van der Waals surface area (Å²) in [5.41, 5.74) is 5.45. The van der Waals surface area contributed by atoms with Crippen molar-refractivity contribution >= 4 is 15.8 Å². The van der Waals surface area contributed by atoms with Crippen molar-refractivity contribution in [1.29, 1.82) is 0 Å². The molecule has 1 heterocycles. The molecule has 1 aliphatic rings. The third-order valence-electron chi connectivity index (χ3n) is 3.77. The second-order valence-corrected chi connectivity index (χ2v) is 7.00. The molecule has 1 aromatic heterocycles. The number of pyridine rings is 1. The smallest absolute Gasteiger partial charge is 0.242 e. The van der Waals surface area contributed by atoms with Crippen molar-refractivity contribution < 1.29 is 8.42 Å². The first kappa shape index (κ1) is 15.2. The normalized spacial score (nSPS) is 16.9. The Morgan fingerprint density at radius 2 is 2.10 bits per heavy atom. The van der Waals surface area contributed by atoms with Gasteiger partial charge in [-0.2, -0.15) is 0 Å². The molecule has 0 unspecified atom stereocenters. The Morgan fingerprint density at radius 3 is 2.70 bits per heavy atom. The number of likely N-dealkylation sites (N-methyl/N-ethyl adjacent to an activating group) is 1. The average molecular weight is 298 g/mol. The zero-order chi connectivity index (χ0) is 14.6. The molecule has 20 heavy (non-hydrogen) atoms. The number of aromatic nitrogens is 1. The Kier molecular flexibility index (Phi) is 4.95. The molecular weight excluding hydrogens is 276 g/mol. The van der Waals surface area contributed by atoms with Crippen LogP contribution >= 0.6 is 0 Å². The highest BCUT2D eigenvalue weighted by Gasteiger charge is 2.20. The summed E-state index contributed by atoms with van der Waals surface area (Å²) < 4.78 is 26.7. The molecule has 0 spiro atoms. The minimum Gasteiger partial charge on any atom is -0.384 e. The lowest BCUT2D eigenvalue weighted by Crippen LogP contribution is -2.37. The Balaban J connectivity index is 1.84. The third kappa shape index (κ3) is 3.91. The zero-order valence-corrected chi connectivity index (χ0v) is 12.6. The van der Waals surface area contributed by atoms with Gasteiger partial charge in [0.05, 0.1) is 0 Å². The summed E-state index contributed by atoms with van der Waals surface area (Å²) in [5, 5.41) is 0. The highest BCUT2D eigenvalue weighted by Crippen LogP contribution is 2.21. The van der Waals surface area contributed by atoms with Crippen LogP contribution < -0.4 is 10.5 Å². The number of hydrogen-bond donors (Lipinski definition) is 2. The predicted octanol–water partition coefficient (Wildman–Crippen LogP) is 0.817. The van der Waals surface area contributed by atoms with Crippen LogP contribution in [0.1, 0.15) is 25.7 Å². The van der Waals surface area contributed by atoms with E-state index in [9.17, 15) is 8.42 Å². The van der Waals surface area contributed by atoms with E-state index in [-0.39, 0.29) is 4.90 Å². The van der Waals surface area contributed by atoms with Crippen molar-refractivity contribution in [3.8, 4) is 0 Å². The highest BCUT2D eigenvalue weighted by molar-refractivity contribution is 7.89. The van der Waals surface area contributed by atoms with Crippen molar-refractivity contribution in [2.45, 2.75) is 36.6 Å². The first-order valence-corrected chi connectivity index (χ1v) is 8.39. The summed E-state index contributed by atoms with van der Waals surface area (Å²) >= 11 is 0. The topological polar surface area (TPSA) is 88.3 Å². The van der Waals surface area contributed by atoms with E-state index in [4.69, 9.17) is 5.73 Å².